The highest BCUT2D eigenvalue weighted by atomic mass is 19.1. The molecule has 0 saturated heterocycles. The molecule has 2 aromatic rings. The molecule has 0 aliphatic heterocycles. The van der Waals surface area contributed by atoms with Gasteiger partial charge in [0.15, 0.2) is 5.82 Å². The lowest BCUT2D eigenvalue weighted by molar-refractivity contribution is 0.372. The van der Waals surface area contributed by atoms with Crippen molar-refractivity contribution in [1.29, 1.82) is 0 Å². The highest BCUT2D eigenvalue weighted by Crippen LogP contribution is 2.08. The summed E-state index contributed by atoms with van der Waals surface area (Å²) in [4.78, 5) is 4.23. The molecule has 0 spiro atoms. The minimum Gasteiger partial charge on any atom is -0.339 e. The summed E-state index contributed by atoms with van der Waals surface area (Å²) in [6.07, 6.45) is 1.19. The Morgan fingerprint density at radius 3 is 3.06 bits per heavy atom. The minimum absolute atomic E-state index is 0.249. The van der Waals surface area contributed by atoms with E-state index in [1.54, 1.807) is 6.07 Å². The maximum atomic E-state index is 13.0. The van der Waals surface area contributed by atoms with Gasteiger partial charge < -0.3 is 9.84 Å². The molecular formula is C12H14FN3O. The number of hydrogen-bond donors (Lipinski definition) is 1. The smallest absolute Gasteiger partial charge is 0.227 e. The van der Waals surface area contributed by atoms with Crippen LogP contribution in [0.4, 0.5) is 4.39 Å². The summed E-state index contributed by atoms with van der Waals surface area (Å²) in [5.41, 5.74) is 0.839. The molecule has 0 radical (unpaired) electrons. The fraction of sp³-hybridized carbons (Fsp3) is 0.333. The molecule has 0 bridgehead atoms. The molecule has 0 aliphatic rings. The first kappa shape index (κ1) is 11.7. The number of halogens is 1. The minimum atomic E-state index is -0.249. The first-order chi connectivity index (χ1) is 8.28. The van der Waals surface area contributed by atoms with Gasteiger partial charge in [-0.1, -0.05) is 17.3 Å². The van der Waals surface area contributed by atoms with Crippen molar-refractivity contribution in [2.24, 2.45) is 0 Å². The van der Waals surface area contributed by atoms with Gasteiger partial charge in [-0.3, -0.25) is 0 Å². The number of benzene rings is 1. The Morgan fingerprint density at radius 1 is 1.41 bits per heavy atom. The molecule has 2 rings (SSSR count). The van der Waals surface area contributed by atoms with E-state index in [4.69, 9.17) is 4.52 Å². The van der Waals surface area contributed by atoms with Crippen LogP contribution in [0.1, 0.15) is 17.3 Å². The summed E-state index contributed by atoms with van der Waals surface area (Å²) in [5.74, 6) is 0.939. The maximum absolute atomic E-state index is 13.0. The Morgan fingerprint density at radius 2 is 2.29 bits per heavy atom. The van der Waals surface area contributed by atoms with E-state index in [-0.39, 0.29) is 5.82 Å². The summed E-state index contributed by atoms with van der Waals surface area (Å²) in [5, 5.41) is 6.86. The zero-order chi connectivity index (χ0) is 12.1. The molecule has 1 N–H and O–H groups in total. The van der Waals surface area contributed by atoms with Crippen molar-refractivity contribution in [3.63, 3.8) is 0 Å². The van der Waals surface area contributed by atoms with Gasteiger partial charge in [-0.2, -0.15) is 4.98 Å². The van der Waals surface area contributed by atoms with Crippen LogP contribution in [-0.4, -0.2) is 23.7 Å². The van der Waals surface area contributed by atoms with Gasteiger partial charge in [0.2, 0.25) is 5.89 Å². The Labute approximate surface area is 98.8 Å². The molecule has 0 amide bonds. The third-order valence-corrected chi connectivity index (χ3v) is 2.35. The Hall–Kier alpha value is -1.75. The van der Waals surface area contributed by atoms with Crippen molar-refractivity contribution in [3.05, 3.63) is 47.4 Å². The Balaban J connectivity index is 2.01. The molecule has 0 aliphatic carbocycles. The lowest BCUT2D eigenvalue weighted by Gasteiger charge is -1.96. The predicted molar refractivity (Wildman–Crippen MR) is 61.1 cm³/mol. The van der Waals surface area contributed by atoms with Crippen LogP contribution in [0.15, 0.2) is 28.8 Å². The van der Waals surface area contributed by atoms with Crippen LogP contribution in [0.2, 0.25) is 0 Å². The molecule has 1 aromatic carbocycles. The topological polar surface area (TPSA) is 51.0 Å². The number of rotatable bonds is 5. The predicted octanol–water partition coefficient (Wildman–Crippen LogP) is 1.56. The van der Waals surface area contributed by atoms with Crippen molar-refractivity contribution in [2.45, 2.75) is 12.8 Å². The van der Waals surface area contributed by atoms with E-state index in [2.05, 4.69) is 15.5 Å². The summed E-state index contributed by atoms with van der Waals surface area (Å²) >= 11 is 0. The van der Waals surface area contributed by atoms with E-state index in [0.29, 0.717) is 24.6 Å². The van der Waals surface area contributed by atoms with Gasteiger partial charge in [0.1, 0.15) is 5.82 Å². The quantitative estimate of drug-likeness (QED) is 0.854. The van der Waals surface area contributed by atoms with E-state index < -0.39 is 0 Å². The number of likely N-dealkylation sites (N-methyl/N-ethyl adjacent to an activating group) is 1. The van der Waals surface area contributed by atoms with Crippen LogP contribution in [0.3, 0.4) is 0 Å². The van der Waals surface area contributed by atoms with Crippen molar-refractivity contribution in [1.82, 2.24) is 15.5 Å². The first-order valence-electron chi connectivity index (χ1n) is 5.48. The normalized spacial score (nSPS) is 10.7. The van der Waals surface area contributed by atoms with E-state index in [9.17, 15) is 4.39 Å². The Kier molecular flexibility index (Phi) is 3.82. The van der Waals surface area contributed by atoms with Gasteiger partial charge in [-0.15, -0.1) is 0 Å². The molecule has 5 heteroatoms. The summed E-state index contributed by atoms with van der Waals surface area (Å²) in [6.45, 7) is 0.793. The summed E-state index contributed by atoms with van der Waals surface area (Å²) in [6, 6.07) is 6.40. The lowest BCUT2D eigenvalue weighted by Crippen LogP contribution is -2.10. The second-order valence-corrected chi connectivity index (χ2v) is 3.76. The molecule has 0 fully saturated rings. The molecule has 0 atom stereocenters. The van der Waals surface area contributed by atoms with Crippen molar-refractivity contribution in [3.8, 4) is 0 Å². The van der Waals surface area contributed by atoms with E-state index in [1.807, 2.05) is 13.1 Å². The second kappa shape index (κ2) is 5.54. The molecule has 1 heterocycles. The molecule has 0 saturated carbocycles. The van der Waals surface area contributed by atoms with Gasteiger partial charge in [0, 0.05) is 19.4 Å². The molecule has 17 heavy (non-hydrogen) atoms. The highest BCUT2D eigenvalue weighted by Gasteiger charge is 2.06. The van der Waals surface area contributed by atoms with Gasteiger partial charge in [-0.25, -0.2) is 4.39 Å². The SMILES string of the molecule is CNCCc1nc(Cc2cccc(F)c2)no1. The van der Waals surface area contributed by atoms with Crippen molar-refractivity contribution < 1.29 is 8.91 Å². The standard InChI is InChI=1S/C12H14FN3O/c1-14-6-5-12-15-11(16-17-12)8-9-3-2-4-10(13)7-9/h2-4,7,14H,5-6,8H2,1H3. The molecule has 4 nitrogen and oxygen atoms in total. The van der Waals surface area contributed by atoms with E-state index in [0.717, 1.165) is 12.1 Å². The summed E-state index contributed by atoms with van der Waals surface area (Å²) in [7, 11) is 1.87. The zero-order valence-corrected chi connectivity index (χ0v) is 9.61. The van der Waals surface area contributed by atoms with Gasteiger partial charge >= 0.3 is 0 Å². The van der Waals surface area contributed by atoms with Crippen LogP contribution in [0.5, 0.6) is 0 Å². The molecular weight excluding hydrogens is 221 g/mol. The molecule has 1 aromatic heterocycles. The van der Waals surface area contributed by atoms with Crippen LogP contribution >= 0.6 is 0 Å². The molecule has 90 valence electrons. The largest absolute Gasteiger partial charge is 0.339 e. The van der Waals surface area contributed by atoms with E-state index >= 15 is 0 Å². The maximum Gasteiger partial charge on any atom is 0.227 e. The average molecular weight is 235 g/mol. The zero-order valence-electron chi connectivity index (χ0n) is 9.61. The van der Waals surface area contributed by atoms with Crippen LogP contribution in [0.25, 0.3) is 0 Å². The third-order valence-electron chi connectivity index (χ3n) is 2.35. The summed E-state index contributed by atoms with van der Waals surface area (Å²) < 4.78 is 18.0. The monoisotopic (exact) mass is 235 g/mol. The fourth-order valence-corrected chi connectivity index (χ4v) is 1.52. The number of aromatic nitrogens is 2. The van der Waals surface area contributed by atoms with Gasteiger partial charge in [0.05, 0.1) is 0 Å². The lowest BCUT2D eigenvalue weighted by atomic mass is 10.1. The van der Waals surface area contributed by atoms with Crippen LogP contribution < -0.4 is 5.32 Å². The number of nitrogens with zero attached hydrogens (tertiary/aromatic N) is 2. The fourth-order valence-electron chi connectivity index (χ4n) is 1.52. The van der Waals surface area contributed by atoms with E-state index in [1.165, 1.54) is 12.1 Å². The Bertz CT molecular complexity index is 484. The highest BCUT2D eigenvalue weighted by molar-refractivity contribution is 5.19. The number of hydrogen-bond acceptors (Lipinski definition) is 4. The first-order valence-corrected chi connectivity index (χ1v) is 5.48. The second-order valence-electron chi connectivity index (χ2n) is 3.76. The average Bonchev–Trinajstić information content (AvgIpc) is 2.74. The van der Waals surface area contributed by atoms with Crippen LogP contribution in [-0.2, 0) is 12.8 Å². The van der Waals surface area contributed by atoms with Gasteiger partial charge in [-0.05, 0) is 24.7 Å². The van der Waals surface area contributed by atoms with Crippen molar-refractivity contribution in [2.75, 3.05) is 13.6 Å². The third kappa shape index (κ3) is 3.35. The van der Waals surface area contributed by atoms with Gasteiger partial charge in [0.25, 0.3) is 0 Å². The van der Waals surface area contributed by atoms with Crippen LogP contribution in [0, 0.1) is 5.82 Å². The number of nitrogens with one attached hydrogen (secondary N) is 1. The van der Waals surface area contributed by atoms with Crippen molar-refractivity contribution >= 4 is 0 Å². The molecule has 0 unspecified atom stereocenters.